The fourth-order valence-electron chi connectivity index (χ4n) is 16.0. The van der Waals surface area contributed by atoms with Crippen LogP contribution in [0.3, 0.4) is 0 Å². The van der Waals surface area contributed by atoms with Gasteiger partial charge in [0.05, 0.1) is 61.4 Å². The highest BCUT2D eigenvalue weighted by Crippen LogP contribution is 2.27. The minimum absolute atomic E-state index is 0.0212. The van der Waals surface area contributed by atoms with Gasteiger partial charge in [0.25, 0.3) is 0 Å². The third-order valence-electron chi connectivity index (χ3n) is 24.6. The molecule has 0 bridgehead atoms. The number of hydrogen-bond donors (Lipinski definition) is 18. The van der Waals surface area contributed by atoms with Crippen molar-refractivity contribution in [2.24, 2.45) is 120 Å². The first-order valence-corrected chi connectivity index (χ1v) is 49.4. The number of nitrogens with two attached hydrogens (primary N) is 7. The van der Waals surface area contributed by atoms with E-state index in [-0.39, 0.29) is 186 Å². The van der Waals surface area contributed by atoms with Crippen molar-refractivity contribution in [2.75, 3.05) is 26.2 Å². The SMILES string of the molecule is CCCCCCCCCCCCCCCC(=O)N[C@@H](Cc1cnc[nH]1)C(=O)C[C@@H](C)C(=O)N[C@H](C(=O)C[C@@H](Cc1cnc[nH]1)C(=O)N[C@@H](C)C(C)=O)C(C)C.CC[C@@H](Cc1ccc(O)cc1)C(=O)N[C@@H](CCCN=C(N)N)C(=O)C[C@@H](C)C(=O)N[C@@H](CCCN=C(N)N)C(=O)C[C@@H](CCCN=C(N)N)C(=O)N[C@@H](CC(C)C)C(=O)C[C@@H](CC(C)C)C(=O)N[C@@H](CO)C(=O)C[C@H](C(N)=O)[C@@H](C)CC. The van der Waals surface area contributed by atoms with Crippen LogP contribution in [0.25, 0.3) is 0 Å². The molecule has 2 aromatic heterocycles. The predicted molar refractivity (Wildman–Crippen MR) is 530 cm³/mol. The van der Waals surface area contributed by atoms with Gasteiger partial charge in [0.15, 0.2) is 58.4 Å². The van der Waals surface area contributed by atoms with Crippen molar-refractivity contribution < 1.29 is 82.1 Å². The Hall–Kier alpha value is -11.3. The number of aliphatic hydroxyl groups is 1. The molecule has 0 aliphatic rings. The number of Topliss-reactive ketones (excluding diaryl/α,β-unsaturated/α-hetero) is 7. The van der Waals surface area contributed by atoms with Crippen LogP contribution >= 0.6 is 0 Å². The third kappa shape index (κ3) is 51.6. The number of H-pyrrole nitrogens is 2. The highest BCUT2D eigenvalue weighted by Gasteiger charge is 2.39. The van der Waals surface area contributed by atoms with Gasteiger partial charge < -0.3 is 97.5 Å². The van der Waals surface area contributed by atoms with Gasteiger partial charge in [0.2, 0.25) is 47.3 Å². The van der Waals surface area contributed by atoms with E-state index >= 15 is 0 Å². The minimum Gasteiger partial charge on any atom is -0.508 e. The van der Waals surface area contributed by atoms with Crippen LogP contribution in [-0.4, -0.2) is 204 Å². The second kappa shape index (κ2) is 67.8. The molecule has 2 heterocycles. The number of imidazole rings is 2. The number of aromatic hydroxyl groups is 1. The molecule has 38 nitrogen and oxygen atoms in total. The van der Waals surface area contributed by atoms with E-state index in [0.29, 0.717) is 43.5 Å². The first kappa shape index (κ1) is 122. The number of carbonyl (C=O) groups excluding carboxylic acids is 15. The molecule has 0 fully saturated rings. The molecule has 3 rings (SSSR count). The first-order valence-electron chi connectivity index (χ1n) is 49.4. The number of primary amides is 1. The number of unbranched alkanes of at least 4 members (excludes halogenated alkanes) is 12. The van der Waals surface area contributed by atoms with Crippen molar-refractivity contribution in [1.29, 1.82) is 0 Å². The topological polar surface area (TPSA) is 657 Å². The summed E-state index contributed by atoms with van der Waals surface area (Å²) in [6.07, 6.45) is 23.6. The summed E-state index contributed by atoms with van der Waals surface area (Å²) in [7, 11) is 0. The lowest BCUT2D eigenvalue weighted by molar-refractivity contribution is -0.136. The molecule has 0 aliphatic heterocycles. The number of aliphatic hydroxyl groups excluding tert-OH is 1. The largest absolute Gasteiger partial charge is 0.508 e. The van der Waals surface area contributed by atoms with Crippen molar-refractivity contribution in [3.8, 4) is 5.75 Å². The van der Waals surface area contributed by atoms with Crippen molar-refractivity contribution in [3.63, 3.8) is 0 Å². The van der Waals surface area contributed by atoms with Gasteiger partial charge in [-0.25, -0.2) is 9.97 Å². The van der Waals surface area contributed by atoms with Crippen LogP contribution < -0.4 is 77.4 Å². The fourth-order valence-corrected chi connectivity index (χ4v) is 16.0. The number of ketones is 7. The van der Waals surface area contributed by atoms with E-state index in [9.17, 15) is 82.1 Å². The second-order valence-corrected chi connectivity index (χ2v) is 38.1. The molecule has 0 saturated heterocycles. The van der Waals surface area contributed by atoms with Gasteiger partial charge in [-0.15, -0.1) is 0 Å². The maximum absolute atomic E-state index is 14.5. The maximum atomic E-state index is 14.5. The lowest BCUT2D eigenvalue weighted by atomic mass is 9.85. The van der Waals surface area contributed by atoms with E-state index in [2.05, 4.69) is 79.1 Å². The number of nitrogens with zero attached hydrogens (tertiary/aromatic N) is 5. The highest BCUT2D eigenvalue weighted by atomic mass is 16.3. The molecule has 38 heteroatoms. The van der Waals surface area contributed by atoms with Gasteiger partial charge in [0, 0.05) is 137 Å². The smallest absolute Gasteiger partial charge is 0.224 e. The number of phenolic OH excluding ortho intramolecular Hbond substituents is 1. The van der Waals surface area contributed by atoms with Crippen molar-refractivity contribution >= 4 is 106 Å². The number of phenols is 1. The molecular weight excluding hydrogens is 1760 g/mol. The molecule has 8 amide bonds. The van der Waals surface area contributed by atoms with Crippen LogP contribution in [0, 0.1) is 65.1 Å². The van der Waals surface area contributed by atoms with E-state index in [1.54, 1.807) is 59.1 Å². The summed E-state index contributed by atoms with van der Waals surface area (Å²) in [5, 5.41) is 39.5. The minimum atomic E-state index is -1.37. The molecule has 1 aromatic carbocycles. The van der Waals surface area contributed by atoms with E-state index in [1.165, 1.54) is 103 Å². The summed E-state index contributed by atoms with van der Waals surface area (Å²) in [5.74, 6) is -14.4. The summed E-state index contributed by atoms with van der Waals surface area (Å²) in [4.78, 5) is 229. The predicted octanol–water partition coefficient (Wildman–Crippen LogP) is 7.29. The Labute approximate surface area is 810 Å². The number of amides is 8. The normalized spacial score (nSPS) is 14.6. The Morgan fingerprint density at radius 2 is 0.818 bits per heavy atom. The monoisotopic (exact) mass is 1920 g/mol. The Kier molecular flexibility index (Phi) is 60.3. The molecule has 0 spiro atoms. The van der Waals surface area contributed by atoms with Gasteiger partial charge in [-0.2, -0.15) is 0 Å². The average molecular weight is 1920 g/mol. The summed E-state index contributed by atoms with van der Waals surface area (Å²) >= 11 is 0. The number of aromatic nitrogens is 4. The van der Waals surface area contributed by atoms with Gasteiger partial charge in [-0.05, 0) is 126 Å². The van der Waals surface area contributed by atoms with Crippen LogP contribution in [0.2, 0.25) is 0 Å². The molecule has 3 aromatic rings. The van der Waals surface area contributed by atoms with Crippen molar-refractivity contribution in [3.05, 3.63) is 66.3 Å². The standard InChI is InChI=1S/C57H98N14O11.C42H69N7O6/c1-9-34(7)41(50(58)78)30-49(77)45(31-72)71-54(82)39(24-32(3)4)29-48(76)44(25-33(5)6)70-53(81)38(14-11-21-65-55(59)60)28-47(75)43(16-13-23-67-57(63)64)68-51(79)35(8)26-46(74)42(15-12-22-66-56(61)62)69-52(80)37(10-2)27-36-17-19-40(73)20-18-36;1-7-8-9-10-11-12-13-14-15-16-17-18-19-20-39(53)48-36(24-35-26-44-28-46-35)37(51)21-30(4)41(54)49-40(29(2)3)38(52)23-33(22-34-25-43-27-45-34)42(55)47-31(5)32(6)50/h17-20,32-35,37-39,41-45,72-73H,9-16,21-31H2,1-8H3,(H2,58,78)(H,68,79)(H,69,80)(H,70,81)(H,71,82)(H4,59,60,65)(H4,61,62,66)(H4,63,64,67);25-31,33,36,40H,7-24H2,1-6H3,(H,43,45)(H,44,46)(H,47,55)(H,48,53)(H,49,54)/t34-,35+,37-,38+,39+,41-,42-,43-,44-,45-;30-,31+,33-,36+,40+/m01/s1. The Bertz CT molecular complexity index is 4260. The lowest BCUT2D eigenvalue weighted by Gasteiger charge is -2.27. The molecular formula is C99H167N21O17. The zero-order valence-electron chi connectivity index (χ0n) is 84.0. The maximum Gasteiger partial charge on any atom is 0.224 e. The number of guanidine groups is 3. The lowest BCUT2D eigenvalue weighted by Crippen LogP contribution is -2.49. The fraction of sp³-hybridized carbons (Fsp3) is 0.697. The Balaban J connectivity index is 0.000001000. The van der Waals surface area contributed by atoms with E-state index in [1.807, 2.05) is 41.5 Å². The number of nitrogens with one attached hydrogen (secondary N) is 9. The number of aromatic amines is 2. The average Bonchev–Trinajstić information content (AvgIpc) is 1.81. The quantitative estimate of drug-likeness (QED) is 0.0150. The molecule has 0 aliphatic carbocycles. The van der Waals surface area contributed by atoms with Crippen LogP contribution in [0.5, 0.6) is 5.75 Å². The number of benzene rings is 1. The zero-order valence-corrected chi connectivity index (χ0v) is 84.0. The molecule has 0 unspecified atom stereocenters. The summed E-state index contributed by atoms with van der Waals surface area (Å²) < 4.78 is 0. The number of rotatable bonds is 74. The van der Waals surface area contributed by atoms with E-state index in [0.717, 1.165) is 24.8 Å². The molecule has 25 N–H and O–H groups in total. The van der Waals surface area contributed by atoms with Crippen molar-refractivity contribution in [1.82, 2.24) is 57.2 Å². The molecule has 770 valence electrons. The van der Waals surface area contributed by atoms with Crippen LogP contribution in [0.1, 0.15) is 307 Å². The zero-order chi connectivity index (χ0) is 103. The van der Waals surface area contributed by atoms with Gasteiger partial charge in [-0.3, -0.25) is 86.9 Å². The second-order valence-electron chi connectivity index (χ2n) is 38.1. The number of carbonyl (C=O) groups is 15. The third-order valence-corrected chi connectivity index (χ3v) is 24.6. The van der Waals surface area contributed by atoms with Crippen LogP contribution in [0.15, 0.2) is 64.3 Å². The van der Waals surface area contributed by atoms with Gasteiger partial charge >= 0.3 is 0 Å². The summed E-state index contributed by atoms with van der Waals surface area (Å²) in [6.45, 7) is 24.4. The summed E-state index contributed by atoms with van der Waals surface area (Å²) in [6, 6.07) is -0.741. The van der Waals surface area contributed by atoms with E-state index < -0.39 is 155 Å². The van der Waals surface area contributed by atoms with E-state index in [4.69, 9.17) is 40.1 Å². The summed E-state index contributed by atoms with van der Waals surface area (Å²) in [5.41, 5.74) is 41.1. The molecule has 0 radical (unpaired) electrons. The van der Waals surface area contributed by atoms with Crippen LogP contribution in [0.4, 0.5) is 0 Å². The Morgan fingerprint density at radius 3 is 1.28 bits per heavy atom. The first-order chi connectivity index (χ1) is 64.8. The molecule has 0 saturated carbocycles. The van der Waals surface area contributed by atoms with Gasteiger partial charge in [0.1, 0.15) is 11.8 Å². The highest BCUT2D eigenvalue weighted by molar-refractivity contribution is 6.00. The van der Waals surface area contributed by atoms with Crippen molar-refractivity contribution in [2.45, 2.75) is 351 Å². The molecule has 137 heavy (non-hydrogen) atoms. The number of aliphatic imine (C=N–C) groups is 3. The van der Waals surface area contributed by atoms with Crippen LogP contribution in [-0.2, 0) is 91.2 Å². The number of hydrogen-bond acceptors (Lipinski definition) is 22. The van der Waals surface area contributed by atoms with Gasteiger partial charge in [-0.1, -0.05) is 179 Å². The Morgan fingerprint density at radius 1 is 0.401 bits per heavy atom. The molecule has 15 atom stereocenters.